The first-order valence-electron chi connectivity index (χ1n) is 4.13. The van der Waals surface area contributed by atoms with E-state index in [0.717, 1.165) is 0 Å². The van der Waals surface area contributed by atoms with Gasteiger partial charge in [-0.3, -0.25) is 4.79 Å². The maximum absolute atomic E-state index is 11.4. The molecule has 0 saturated carbocycles. The fraction of sp³-hybridized carbons (Fsp3) is 0.333. The van der Waals surface area contributed by atoms with Crippen molar-refractivity contribution in [3.8, 4) is 0 Å². The average molecular weight is 215 g/mol. The van der Waals surface area contributed by atoms with Crippen molar-refractivity contribution in [2.75, 3.05) is 20.3 Å². The number of hydrogen-bond acceptors (Lipinski definition) is 3. The van der Waals surface area contributed by atoms with E-state index in [1.165, 1.54) is 6.20 Å². The number of pyridine rings is 1. The number of hydrogen-bond donors (Lipinski definition) is 1. The van der Waals surface area contributed by atoms with Crippen LogP contribution in [0.1, 0.15) is 10.4 Å². The molecule has 1 N–H and O–H groups in total. The van der Waals surface area contributed by atoms with Gasteiger partial charge in [0.1, 0.15) is 5.15 Å². The number of amides is 1. The van der Waals surface area contributed by atoms with Crippen LogP contribution in [0.2, 0.25) is 5.15 Å². The van der Waals surface area contributed by atoms with E-state index in [0.29, 0.717) is 18.7 Å². The van der Waals surface area contributed by atoms with E-state index in [-0.39, 0.29) is 11.1 Å². The first kappa shape index (κ1) is 10.9. The quantitative estimate of drug-likeness (QED) is 0.604. The van der Waals surface area contributed by atoms with E-state index >= 15 is 0 Å². The van der Waals surface area contributed by atoms with Gasteiger partial charge in [0.25, 0.3) is 5.91 Å². The van der Waals surface area contributed by atoms with Crippen LogP contribution < -0.4 is 5.32 Å². The molecular formula is C9H11ClN2O2. The number of carbonyl (C=O) groups excluding carboxylic acids is 1. The third-order valence-electron chi connectivity index (χ3n) is 1.60. The lowest BCUT2D eigenvalue weighted by molar-refractivity contribution is 0.0937. The van der Waals surface area contributed by atoms with E-state index < -0.39 is 0 Å². The summed E-state index contributed by atoms with van der Waals surface area (Å²) in [5.41, 5.74) is 0.380. The summed E-state index contributed by atoms with van der Waals surface area (Å²) in [4.78, 5) is 15.3. The van der Waals surface area contributed by atoms with Crippen LogP contribution >= 0.6 is 11.6 Å². The molecule has 0 aliphatic heterocycles. The smallest absolute Gasteiger partial charge is 0.254 e. The second-order valence-electron chi connectivity index (χ2n) is 2.59. The second-order valence-corrected chi connectivity index (χ2v) is 2.95. The second kappa shape index (κ2) is 5.57. The van der Waals surface area contributed by atoms with Gasteiger partial charge >= 0.3 is 0 Å². The molecule has 0 saturated heterocycles. The molecule has 14 heavy (non-hydrogen) atoms. The standard InChI is InChI=1S/C9H11ClN2O2/c1-14-6-5-12-9(13)7-3-2-4-11-8(7)10/h2-4H,5-6H2,1H3,(H,12,13). The van der Waals surface area contributed by atoms with Crippen LogP contribution in [0.15, 0.2) is 18.3 Å². The number of rotatable bonds is 4. The number of methoxy groups -OCH3 is 1. The summed E-state index contributed by atoms with van der Waals surface area (Å²) in [6.45, 7) is 0.935. The van der Waals surface area contributed by atoms with E-state index in [4.69, 9.17) is 16.3 Å². The Morgan fingerprint density at radius 2 is 2.50 bits per heavy atom. The molecule has 0 spiro atoms. The summed E-state index contributed by atoms with van der Waals surface area (Å²) >= 11 is 5.73. The van der Waals surface area contributed by atoms with Crippen LogP contribution in [0.3, 0.4) is 0 Å². The highest BCUT2D eigenvalue weighted by molar-refractivity contribution is 6.32. The van der Waals surface area contributed by atoms with Crippen LogP contribution in [0.4, 0.5) is 0 Å². The van der Waals surface area contributed by atoms with Crippen molar-refractivity contribution in [3.05, 3.63) is 29.0 Å². The lowest BCUT2D eigenvalue weighted by atomic mass is 10.3. The summed E-state index contributed by atoms with van der Waals surface area (Å²) in [7, 11) is 1.57. The number of aromatic nitrogens is 1. The maximum Gasteiger partial charge on any atom is 0.254 e. The molecule has 4 nitrogen and oxygen atoms in total. The Kier molecular flexibility index (Phi) is 4.35. The third kappa shape index (κ3) is 2.97. The Bertz CT molecular complexity index is 317. The Morgan fingerprint density at radius 1 is 1.71 bits per heavy atom. The fourth-order valence-corrected chi connectivity index (χ4v) is 1.12. The predicted octanol–water partition coefficient (Wildman–Crippen LogP) is 1.11. The lowest BCUT2D eigenvalue weighted by Crippen LogP contribution is -2.27. The molecule has 1 aromatic heterocycles. The lowest BCUT2D eigenvalue weighted by Gasteiger charge is -2.04. The van der Waals surface area contributed by atoms with Gasteiger partial charge in [-0.05, 0) is 12.1 Å². The predicted molar refractivity (Wildman–Crippen MR) is 53.5 cm³/mol. The van der Waals surface area contributed by atoms with E-state index in [1.54, 1.807) is 19.2 Å². The molecule has 0 atom stereocenters. The Hall–Kier alpha value is -1.13. The van der Waals surface area contributed by atoms with Crippen molar-refractivity contribution in [1.82, 2.24) is 10.3 Å². The van der Waals surface area contributed by atoms with Gasteiger partial charge in [0.05, 0.1) is 12.2 Å². The molecule has 1 rings (SSSR count). The zero-order valence-electron chi connectivity index (χ0n) is 7.79. The maximum atomic E-state index is 11.4. The van der Waals surface area contributed by atoms with Gasteiger partial charge in [-0.1, -0.05) is 11.6 Å². The van der Waals surface area contributed by atoms with Gasteiger partial charge in [0.2, 0.25) is 0 Å². The summed E-state index contributed by atoms with van der Waals surface area (Å²) in [6.07, 6.45) is 1.54. The number of nitrogens with one attached hydrogen (secondary N) is 1. The molecule has 0 aromatic carbocycles. The average Bonchev–Trinajstić information content (AvgIpc) is 2.18. The molecule has 0 aliphatic rings. The molecular weight excluding hydrogens is 204 g/mol. The van der Waals surface area contributed by atoms with Crippen molar-refractivity contribution in [1.29, 1.82) is 0 Å². The topological polar surface area (TPSA) is 51.2 Å². The Labute approximate surface area is 87.2 Å². The van der Waals surface area contributed by atoms with Gasteiger partial charge < -0.3 is 10.1 Å². The zero-order valence-corrected chi connectivity index (χ0v) is 8.54. The molecule has 1 aromatic rings. The molecule has 76 valence electrons. The summed E-state index contributed by atoms with van der Waals surface area (Å²) in [5.74, 6) is -0.236. The number of nitrogens with zero attached hydrogens (tertiary/aromatic N) is 1. The monoisotopic (exact) mass is 214 g/mol. The molecule has 0 bridgehead atoms. The number of carbonyl (C=O) groups is 1. The Balaban J connectivity index is 2.56. The minimum Gasteiger partial charge on any atom is -0.383 e. The molecule has 0 fully saturated rings. The highest BCUT2D eigenvalue weighted by atomic mass is 35.5. The molecule has 1 heterocycles. The van der Waals surface area contributed by atoms with Gasteiger partial charge in [0, 0.05) is 19.9 Å². The highest BCUT2D eigenvalue weighted by Crippen LogP contribution is 2.10. The van der Waals surface area contributed by atoms with Crippen LogP contribution in [0.25, 0.3) is 0 Å². The normalized spacial score (nSPS) is 9.86. The number of halogens is 1. The molecule has 0 aliphatic carbocycles. The van der Waals surface area contributed by atoms with Crippen LogP contribution in [-0.2, 0) is 4.74 Å². The SMILES string of the molecule is COCCNC(=O)c1cccnc1Cl. The van der Waals surface area contributed by atoms with E-state index in [2.05, 4.69) is 10.3 Å². The third-order valence-corrected chi connectivity index (χ3v) is 1.90. The van der Waals surface area contributed by atoms with Gasteiger partial charge in [0.15, 0.2) is 0 Å². The molecule has 1 amide bonds. The van der Waals surface area contributed by atoms with Crippen molar-refractivity contribution in [2.45, 2.75) is 0 Å². The highest BCUT2D eigenvalue weighted by Gasteiger charge is 2.08. The minimum atomic E-state index is -0.236. The van der Waals surface area contributed by atoms with Gasteiger partial charge in [-0.2, -0.15) is 0 Å². The van der Waals surface area contributed by atoms with Crippen LogP contribution in [0, 0.1) is 0 Å². The molecule has 0 radical (unpaired) electrons. The van der Waals surface area contributed by atoms with Crippen molar-refractivity contribution >= 4 is 17.5 Å². The van der Waals surface area contributed by atoms with Crippen molar-refractivity contribution in [2.24, 2.45) is 0 Å². The molecule has 5 heteroatoms. The van der Waals surface area contributed by atoms with E-state index in [9.17, 15) is 4.79 Å². The first-order chi connectivity index (χ1) is 6.75. The van der Waals surface area contributed by atoms with Crippen molar-refractivity contribution in [3.63, 3.8) is 0 Å². The molecule has 0 unspecified atom stereocenters. The number of ether oxygens (including phenoxy) is 1. The van der Waals surface area contributed by atoms with Crippen LogP contribution in [0.5, 0.6) is 0 Å². The minimum absolute atomic E-state index is 0.211. The first-order valence-corrected chi connectivity index (χ1v) is 4.51. The van der Waals surface area contributed by atoms with Gasteiger partial charge in [-0.25, -0.2) is 4.98 Å². The van der Waals surface area contributed by atoms with Gasteiger partial charge in [-0.15, -0.1) is 0 Å². The Morgan fingerprint density at radius 3 is 3.14 bits per heavy atom. The van der Waals surface area contributed by atoms with E-state index in [1.807, 2.05) is 0 Å². The summed E-state index contributed by atoms with van der Waals surface area (Å²) in [5, 5.41) is 2.86. The zero-order chi connectivity index (χ0) is 10.4. The fourth-order valence-electron chi connectivity index (χ4n) is 0.917. The van der Waals surface area contributed by atoms with Crippen LogP contribution in [-0.4, -0.2) is 31.2 Å². The summed E-state index contributed by atoms with van der Waals surface area (Å²) in [6, 6.07) is 3.29. The van der Waals surface area contributed by atoms with Crippen molar-refractivity contribution < 1.29 is 9.53 Å². The largest absolute Gasteiger partial charge is 0.383 e. The summed E-state index contributed by atoms with van der Waals surface area (Å²) < 4.78 is 4.80.